The predicted molar refractivity (Wildman–Crippen MR) is 69.8 cm³/mol. The van der Waals surface area contributed by atoms with E-state index in [9.17, 15) is 9.59 Å². The smallest absolute Gasteiger partial charge is 0.331 e. The maximum atomic E-state index is 11.1. The number of ether oxygens (including phenoxy) is 2. The number of hydrogen-bond donors (Lipinski definition) is 0. The standard InChI is InChI=1S/C10H20O4Si2/c11-9(13-5-1-7-15)3-4-10(12)14-6-2-8-16/h3-4H,1-2,5-8H2,15-16H3/b4-3+. The first-order valence-electron chi connectivity index (χ1n) is 5.72. The number of carbonyl (C=O) groups excluding carboxylic acids is 2. The Morgan fingerprint density at radius 1 is 0.875 bits per heavy atom. The lowest BCUT2D eigenvalue weighted by atomic mass is 10.5. The molecule has 92 valence electrons. The highest BCUT2D eigenvalue weighted by atomic mass is 28.1. The van der Waals surface area contributed by atoms with Gasteiger partial charge in [0.25, 0.3) is 0 Å². The molecule has 0 unspecified atom stereocenters. The maximum Gasteiger partial charge on any atom is 0.331 e. The van der Waals surface area contributed by atoms with Gasteiger partial charge in [0, 0.05) is 32.6 Å². The molecule has 0 bridgehead atoms. The average Bonchev–Trinajstić information content (AvgIpc) is 2.27. The Bertz CT molecular complexity index is 217. The van der Waals surface area contributed by atoms with E-state index in [2.05, 4.69) is 0 Å². The van der Waals surface area contributed by atoms with Gasteiger partial charge >= 0.3 is 11.9 Å². The second kappa shape index (κ2) is 10.6. The van der Waals surface area contributed by atoms with Gasteiger partial charge in [-0.2, -0.15) is 0 Å². The fourth-order valence-corrected chi connectivity index (χ4v) is 1.44. The quantitative estimate of drug-likeness (QED) is 0.243. The highest BCUT2D eigenvalue weighted by molar-refractivity contribution is 6.08. The van der Waals surface area contributed by atoms with Crippen LogP contribution < -0.4 is 0 Å². The number of hydrogen-bond acceptors (Lipinski definition) is 4. The van der Waals surface area contributed by atoms with Crippen LogP contribution in [0.5, 0.6) is 0 Å². The third-order valence-electron chi connectivity index (χ3n) is 1.84. The van der Waals surface area contributed by atoms with Gasteiger partial charge in [-0.3, -0.25) is 0 Å². The van der Waals surface area contributed by atoms with Crippen LogP contribution in [0.25, 0.3) is 0 Å². The average molecular weight is 260 g/mol. The van der Waals surface area contributed by atoms with E-state index in [0.29, 0.717) is 13.2 Å². The zero-order valence-corrected chi connectivity index (χ0v) is 14.0. The van der Waals surface area contributed by atoms with Crippen molar-refractivity contribution in [1.82, 2.24) is 0 Å². The zero-order valence-electron chi connectivity index (χ0n) is 10.0. The van der Waals surface area contributed by atoms with Crippen molar-refractivity contribution in [2.45, 2.75) is 24.9 Å². The van der Waals surface area contributed by atoms with Crippen LogP contribution in [0.15, 0.2) is 12.2 Å². The molecule has 0 amide bonds. The van der Waals surface area contributed by atoms with Crippen LogP contribution in [0.2, 0.25) is 12.1 Å². The molecule has 0 aliphatic carbocycles. The largest absolute Gasteiger partial charge is 0.463 e. The lowest BCUT2D eigenvalue weighted by Crippen LogP contribution is -2.06. The summed E-state index contributed by atoms with van der Waals surface area (Å²) in [5.41, 5.74) is 0. The molecule has 0 aromatic rings. The van der Waals surface area contributed by atoms with Crippen molar-refractivity contribution in [3.8, 4) is 0 Å². The number of esters is 2. The van der Waals surface area contributed by atoms with Crippen molar-refractivity contribution in [3.63, 3.8) is 0 Å². The topological polar surface area (TPSA) is 52.6 Å². The normalized spacial score (nSPS) is 10.8. The molecule has 0 saturated carbocycles. The zero-order chi connectivity index (χ0) is 12.2. The Hall–Kier alpha value is -0.886. The molecule has 4 nitrogen and oxygen atoms in total. The highest BCUT2D eigenvalue weighted by Crippen LogP contribution is 1.91. The molecular formula is C10H20O4Si2. The van der Waals surface area contributed by atoms with Crippen LogP contribution in [0.1, 0.15) is 12.8 Å². The fraction of sp³-hybridized carbons (Fsp3) is 0.600. The van der Waals surface area contributed by atoms with Crippen LogP contribution in [0, 0.1) is 0 Å². The summed E-state index contributed by atoms with van der Waals surface area (Å²) in [6.45, 7) is 0.865. The van der Waals surface area contributed by atoms with Crippen LogP contribution in [-0.4, -0.2) is 45.6 Å². The summed E-state index contributed by atoms with van der Waals surface area (Å²) in [6.07, 6.45) is 4.04. The summed E-state index contributed by atoms with van der Waals surface area (Å²) in [6, 6.07) is 2.22. The Morgan fingerprint density at radius 2 is 1.25 bits per heavy atom. The molecule has 0 aliphatic heterocycles. The first kappa shape index (κ1) is 15.1. The third kappa shape index (κ3) is 9.66. The molecule has 0 spiro atoms. The Labute approximate surface area is 102 Å². The molecule has 0 aromatic heterocycles. The molecule has 0 saturated heterocycles. The molecule has 0 aromatic carbocycles. The Kier molecular flexibility index (Phi) is 10.0. The van der Waals surface area contributed by atoms with Gasteiger partial charge in [-0.05, 0) is 12.8 Å². The van der Waals surface area contributed by atoms with E-state index >= 15 is 0 Å². The van der Waals surface area contributed by atoms with Gasteiger partial charge in [-0.15, -0.1) is 0 Å². The van der Waals surface area contributed by atoms with E-state index in [4.69, 9.17) is 9.47 Å². The van der Waals surface area contributed by atoms with E-state index in [0.717, 1.165) is 57.6 Å². The molecule has 0 heterocycles. The molecule has 0 aliphatic rings. The highest BCUT2D eigenvalue weighted by Gasteiger charge is 2.00. The molecule has 0 radical (unpaired) electrons. The van der Waals surface area contributed by atoms with E-state index in [-0.39, 0.29) is 0 Å². The van der Waals surface area contributed by atoms with E-state index < -0.39 is 11.9 Å². The van der Waals surface area contributed by atoms with Gasteiger partial charge in [-0.1, -0.05) is 12.1 Å². The molecule has 16 heavy (non-hydrogen) atoms. The molecule has 0 rings (SSSR count). The molecule has 0 atom stereocenters. The minimum absolute atomic E-state index is 0.433. The summed E-state index contributed by atoms with van der Waals surface area (Å²) in [5, 5.41) is 0. The Morgan fingerprint density at radius 3 is 1.56 bits per heavy atom. The van der Waals surface area contributed by atoms with Gasteiger partial charge in [0.05, 0.1) is 13.2 Å². The maximum absolute atomic E-state index is 11.1. The first-order chi connectivity index (χ1) is 7.70. The predicted octanol–water partition coefficient (Wildman–Crippen LogP) is -1.02. The van der Waals surface area contributed by atoms with Crippen molar-refractivity contribution in [1.29, 1.82) is 0 Å². The SMILES string of the molecule is O=C(/C=C/C(=O)OCCC[SiH3])OCCC[SiH3]. The van der Waals surface area contributed by atoms with Gasteiger partial charge in [-0.25, -0.2) is 9.59 Å². The molecular weight excluding hydrogens is 240 g/mol. The van der Waals surface area contributed by atoms with Crippen molar-refractivity contribution < 1.29 is 19.1 Å². The van der Waals surface area contributed by atoms with Gasteiger partial charge in [0.2, 0.25) is 0 Å². The second-order valence-corrected chi connectivity index (χ2v) is 5.38. The molecule has 0 fully saturated rings. The van der Waals surface area contributed by atoms with Crippen molar-refractivity contribution in [2.24, 2.45) is 0 Å². The van der Waals surface area contributed by atoms with E-state index in [1.165, 1.54) is 0 Å². The van der Waals surface area contributed by atoms with Gasteiger partial charge in [0.1, 0.15) is 0 Å². The minimum Gasteiger partial charge on any atom is -0.463 e. The molecule has 0 N–H and O–H groups in total. The lowest BCUT2D eigenvalue weighted by Gasteiger charge is -2.00. The van der Waals surface area contributed by atoms with Crippen molar-refractivity contribution in [2.75, 3.05) is 13.2 Å². The summed E-state index contributed by atoms with van der Waals surface area (Å²) in [4.78, 5) is 22.1. The van der Waals surface area contributed by atoms with Crippen LogP contribution >= 0.6 is 0 Å². The van der Waals surface area contributed by atoms with Crippen LogP contribution in [0.4, 0.5) is 0 Å². The summed E-state index contributed by atoms with van der Waals surface area (Å²) < 4.78 is 9.71. The summed E-state index contributed by atoms with van der Waals surface area (Å²) in [7, 11) is 2.24. The van der Waals surface area contributed by atoms with Gasteiger partial charge in [0.15, 0.2) is 0 Å². The van der Waals surface area contributed by atoms with Crippen molar-refractivity contribution >= 4 is 32.4 Å². The monoisotopic (exact) mass is 260 g/mol. The van der Waals surface area contributed by atoms with Gasteiger partial charge < -0.3 is 9.47 Å². The third-order valence-corrected chi connectivity index (χ3v) is 3.25. The van der Waals surface area contributed by atoms with Crippen LogP contribution in [0.3, 0.4) is 0 Å². The number of rotatable bonds is 8. The summed E-state index contributed by atoms with van der Waals surface area (Å²) >= 11 is 0. The lowest BCUT2D eigenvalue weighted by molar-refractivity contribution is -0.140. The fourth-order valence-electron chi connectivity index (χ4n) is 0.867. The second-order valence-electron chi connectivity index (χ2n) is 3.38. The van der Waals surface area contributed by atoms with Crippen molar-refractivity contribution in [3.05, 3.63) is 12.2 Å². The Balaban J connectivity index is 3.63. The number of carbonyl (C=O) groups is 2. The first-order valence-corrected chi connectivity index (χ1v) is 8.55. The summed E-state index contributed by atoms with van der Waals surface area (Å²) in [5.74, 6) is -0.954. The van der Waals surface area contributed by atoms with E-state index in [1.807, 2.05) is 0 Å². The van der Waals surface area contributed by atoms with Crippen LogP contribution in [-0.2, 0) is 19.1 Å². The minimum atomic E-state index is -0.477. The van der Waals surface area contributed by atoms with E-state index in [1.54, 1.807) is 0 Å². The molecule has 6 heteroatoms.